The third kappa shape index (κ3) is 4.81. The molecule has 0 aliphatic carbocycles. The molecule has 0 aromatic heterocycles. The molecule has 24 heavy (non-hydrogen) atoms. The van der Waals surface area contributed by atoms with E-state index in [0.717, 1.165) is 0 Å². The lowest BCUT2D eigenvalue weighted by Crippen LogP contribution is -2.21. The minimum Gasteiger partial charge on any atom is -0.317 e. The van der Waals surface area contributed by atoms with E-state index in [9.17, 15) is 0 Å². The largest absolute Gasteiger partial charge is 0.317 e. The van der Waals surface area contributed by atoms with Crippen LogP contribution >= 0.6 is 0 Å². The lowest BCUT2D eigenvalue weighted by atomic mass is 9.99. The Kier molecular flexibility index (Phi) is 6.21. The summed E-state index contributed by atoms with van der Waals surface area (Å²) >= 11 is 0. The molecule has 0 unspecified atom stereocenters. The lowest BCUT2D eigenvalue weighted by Gasteiger charge is -2.08. The van der Waals surface area contributed by atoms with Crippen LogP contribution in [0.25, 0.3) is 22.3 Å². The Hall–Kier alpha value is -2.38. The number of hydrogen-bond acceptors (Lipinski definition) is 1. The number of nitrogens with one attached hydrogen (secondary N) is 1. The van der Waals surface area contributed by atoms with Crippen LogP contribution in [-0.4, -0.2) is 13.1 Å². The summed E-state index contributed by atoms with van der Waals surface area (Å²) in [7, 11) is 0. The van der Waals surface area contributed by atoms with Crippen LogP contribution in [0.1, 0.15) is 19.3 Å². The molecule has 1 nitrogen and oxygen atoms in total. The quantitative estimate of drug-likeness (QED) is 0.632. The topological polar surface area (TPSA) is 12.0 Å². The Balaban J connectivity index is 0.000000238. The molecule has 1 saturated heterocycles. The van der Waals surface area contributed by atoms with Crippen LogP contribution in [0, 0.1) is 0 Å². The van der Waals surface area contributed by atoms with Gasteiger partial charge < -0.3 is 5.32 Å². The molecule has 1 fully saturated rings. The molecule has 0 atom stereocenters. The molecule has 0 radical (unpaired) electrons. The van der Waals surface area contributed by atoms with Gasteiger partial charge in [0.25, 0.3) is 0 Å². The highest BCUT2D eigenvalue weighted by Crippen LogP contribution is 2.25. The summed E-state index contributed by atoms with van der Waals surface area (Å²) in [6, 6.07) is 29.6. The highest BCUT2D eigenvalue weighted by molar-refractivity contribution is 5.72. The average Bonchev–Trinajstić information content (AvgIpc) is 2.71. The molecular weight excluding hydrogens is 290 g/mol. The summed E-state index contributed by atoms with van der Waals surface area (Å²) in [5, 5.41) is 3.28. The monoisotopic (exact) mass is 315 g/mol. The second-order valence-corrected chi connectivity index (χ2v) is 6.12. The van der Waals surface area contributed by atoms with E-state index in [4.69, 9.17) is 0 Å². The van der Waals surface area contributed by atoms with Crippen LogP contribution in [0.2, 0.25) is 0 Å². The van der Waals surface area contributed by atoms with Crippen molar-refractivity contribution in [3.8, 4) is 22.3 Å². The zero-order chi connectivity index (χ0) is 16.5. The summed E-state index contributed by atoms with van der Waals surface area (Å²) in [5.41, 5.74) is 5.04. The van der Waals surface area contributed by atoms with Gasteiger partial charge in [-0.1, -0.05) is 85.3 Å². The second-order valence-electron chi connectivity index (χ2n) is 6.12. The van der Waals surface area contributed by atoms with E-state index in [0.29, 0.717) is 0 Å². The fraction of sp³-hybridized carbons (Fsp3) is 0.217. The molecule has 1 aliphatic heterocycles. The van der Waals surface area contributed by atoms with E-state index in [1.54, 1.807) is 0 Å². The number of hydrogen-bond donors (Lipinski definition) is 1. The Labute approximate surface area is 145 Å². The smallest absolute Gasteiger partial charge is 0.00489 e. The maximum Gasteiger partial charge on any atom is -0.00489 e. The summed E-state index contributed by atoms with van der Waals surface area (Å²) < 4.78 is 0. The third-order valence-corrected chi connectivity index (χ3v) is 4.28. The summed E-state index contributed by atoms with van der Waals surface area (Å²) in [5.74, 6) is 0. The fourth-order valence-corrected chi connectivity index (χ4v) is 2.94. The van der Waals surface area contributed by atoms with Crippen LogP contribution in [0.5, 0.6) is 0 Å². The van der Waals surface area contributed by atoms with E-state index in [2.05, 4.69) is 78.1 Å². The summed E-state index contributed by atoms with van der Waals surface area (Å²) in [6.07, 6.45) is 4.22. The minimum absolute atomic E-state index is 1.25. The zero-order valence-corrected chi connectivity index (χ0v) is 14.1. The molecule has 1 aliphatic rings. The molecule has 4 rings (SSSR count). The van der Waals surface area contributed by atoms with Crippen LogP contribution in [0.4, 0.5) is 0 Å². The fourth-order valence-electron chi connectivity index (χ4n) is 2.94. The minimum atomic E-state index is 1.25. The Bertz CT molecular complexity index is 649. The van der Waals surface area contributed by atoms with Crippen LogP contribution in [0.15, 0.2) is 84.9 Å². The molecule has 122 valence electrons. The van der Waals surface area contributed by atoms with Gasteiger partial charge in [0.2, 0.25) is 0 Å². The third-order valence-electron chi connectivity index (χ3n) is 4.28. The van der Waals surface area contributed by atoms with Gasteiger partial charge in [-0.3, -0.25) is 0 Å². The molecule has 0 amide bonds. The van der Waals surface area contributed by atoms with E-state index < -0.39 is 0 Å². The molecule has 0 bridgehead atoms. The van der Waals surface area contributed by atoms with Crippen molar-refractivity contribution < 1.29 is 0 Å². The van der Waals surface area contributed by atoms with Gasteiger partial charge in [0.15, 0.2) is 0 Å². The van der Waals surface area contributed by atoms with Crippen molar-refractivity contribution in [1.29, 1.82) is 0 Å². The van der Waals surface area contributed by atoms with Gasteiger partial charge in [-0.25, -0.2) is 0 Å². The van der Waals surface area contributed by atoms with Crippen molar-refractivity contribution in [2.75, 3.05) is 13.1 Å². The Morgan fingerprint density at radius 3 is 1.29 bits per heavy atom. The van der Waals surface area contributed by atoms with Crippen molar-refractivity contribution >= 4 is 0 Å². The van der Waals surface area contributed by atoms with Gasteiger partial charge in [0.05, 0.1) is 0 Å². The lowest BCUT2D eigenvalue weighted by molar-refractivity contribution is 0.520. The number of rotatable bonds is 2. The molecule has 1 heteroatoms. The molecule has 1 heterocycles. The van der Waals surface area contributed by atoms with Crippen molar-refractivity contribution in [2.24, 2.45) is 0 Å². The standard InChI is InChI=1S/C18H14.C5H11N/c1-3-8-15(9-4-1)17-12-7-13-18(14-17)16-10-5-2-6-11-16;1-2-4-6-5-3-1/h1-14H;6H,1-5H2. The number of piperidine rings is 1. The van der Waals surface area contributed by atoms with E-state index >= 15 is 0 Å². The average molecular weight is 315 g/mol. The molecule has 3 aromatic rings. The molecule has 1 N–H and O–H groups in total. The first kappa shape index (κ1) is 16.5. The molecule has 0 saturated carbocycles. The van der Waals surface area contributed by atoms with Gasteiger partial charge in [-0.05, 0) is 54.3 Å². The van der Waals surface area contributed by atoms with E-state index in [1.807, 2.05) is 12.1 Å². The first-order chi connectivity index (χ1) is 11.9. The highest BCUT2D eigenvalue weighted by Gasteiger charge is 2.00. The van der Waals surface area contributed by atoms with Gasteiger partial charge >= 0.3 is 0 Å². The van der Waals surface area contributed by atoms with Gasteiger partial charge in [0, 0.05) is 0 Å². The van der Waals surface area contributed by atoms with E-state index in [-0.39, 0.29) is 0 Å². The van der Waals surface area contributed by atoms with Crippen molar-refractivity contribution in [2.45, 2.75) is 19.3 Å². The summed E-state index contributed by atoms with van der Waals surface area (Å²) in [4.78, 5) is 0. The van der Waals surface area contributed by atoms with Gasteiger partial charge in [-0.15, -0.1) is 0 Å². The highest BCUT2D eigenvalue weighted by atomic mass is 14.9. The number of benzene rings is 3. The van der Waals surface area contributed by atoms with Crippen LogP contribution in [0.3, 0.4) is 0 Å². The Morgan fingerprint density at radius 2 is 0.917 bits per heavy atom. The Morgan fingerprint density at radius 1 is 0.458 bits per heavy atom. The van der Waals surface area contributed by atoms with Gasteiger partial charge in [0.1, 0.15) is 0 Å². The van der Waals surface area contributed by atoms with Crippen LogP contribution in [-0.2, 0) is 0 Å². The summed E-state index contributed by atoms with van der Waals surface area (Å²) in [6.45, 7) is 2.50. The first-order valence-electron chi connectivity index (χ1n) is 8.85. The first-order valence-corrected chi connectivity index (χ1v) is 8.85. The van der Waals surface area contributed by atoms with Crippen molar-refractivity contribution in [1.82, 2.24) is 5.32 Å². The maximum absolute atomic E-state index is 3.28. The predicted octanol–water partition coefficient (Wildman–Crippen LogP) is 5.78. The zero-order valence-electron chi connectivity index (χ0n) is 14.1. The van der Waals surface area contributed by atoms with Crippen LogP contribution < -0.4 is 5.32 Å². The SMILES string of the molecule is C1CCNCC1.c1ccc(-c2cccc(-c3ccccc3)c2)cc1. The second kappa shape index (κ2) is 9.05. The van der Waals surface area contributed by atoms with Gasteiger partial charge in [-0.2, -0.15) is 0 Å². The maximum atomic E-state index is 3.28. The normalized spacial score (nSPS) is 13.7. The molecular formula is C23H25N. The molecule has 3 aromatic carbocycles. The predicted molar refractivity (Wildman–Crippen MR) is 104 cm³/mol. The molecule has 0 spiro atoms. The van der Waals surface area contributed by atoms with Crippen molar-refractivity contribution in [3.63, 3.8) is 0 Å². The van der Waals surface area contributed by atoms with Crippen molar-refractivity contribution in [3.05, 3.63) is 84.9 Å². The van der Waals surface area contributed by atoms with E-state index in [1.165, 1.54) is 54.6 Å².